The van der Waals surface area contributed by atoms with Crippen LogP contribution in [0, 0.1) is 65.1 Å². The third-order valence-electron chi connectivity index (χ3n) is 8.24. The molecule has 2 aliphatic carbocycles. The molecule has 0 spiro atoms. The summed E-state index contributed by atoms with van der Waals surface area (Å²) >= 11 is 0. The van der Waals surface area contributed by atoms with Crippen LogP contribution in [0.5, 0.6) is 0 Å². The predicted molar refractivity (Wildman–Crippen MR) is 113 cm³/mol. The summed E-state index contributed by atoms with van der Waals surface area (Å²) in [6.07, 6.45) is 7.30. The van der Waals surface area contributed by atoms with Crippen molar-refractivity contribution in [3.8, 4) is 0 Å². The Morgan fingerprint density at radius 3 is 1.88 bits per heavy atom. The Bertz CT molecular complexity index is 395. The molecule has 9 atom stereocenters. The fourth-order valence-electron chi connectivity index (χ4n) is 7.23. The van der Waals surface area contributed by atoms with Crippen molar-refractivity contribution >= 4 is 0 Å². The zero-order valence-electron chi connectivity index (χ0n) is 18.9. The minimum Gasteiger partial charge on any atom is -0.0651 e. The molecule has 9 unspecified atom stereocenters. The number of hydrogen-bond acceptors (Lipinski definition) is 0. The smallest absolute Gasteiger partial charge is 0.0326 e. The van der Waals surface area contributed by atoms with E-state index in [9.17, 15) is 0 Å². The van der Waals surface area contributed by atoms with Crippen LogP contribution in [-0.2, 0) is 0 Å². The molecular weight excluding hydrogens is 300 g/mol. The van der Waals surface area contributed by atoms with Gasteiger partial charge in [-0.2, -0.15) is 0 Å². The molecule has 0 heterocycles. The van der Waals surface area contributed by atoms with Gasteiger partial charge < -0.3 is 0 Å². The molecule has 0 aromatic rings. The van der Waals surface area contributed by atoms with Crippen molar-refractivity contribution in [2.45, 2.75) is 94.4 Å². The average molecular weight is 349 g/mol. The maximum absolute atomic E-state index is 2.58. The van der Waals surface area contributed by atoms with E-state index in [1.54, 1.807) is 0 Å². The van der Waals surface area contributed by atoms with Crippen LogP contribution in [0.4, 0.5) is 0 Å². The summed E-state index contributed by atoms with van der Waals surface area (Å²) in [7, 11) is 0. The second kappa shape index (κ2) is 8.79. The first-order chi connectivity index (χ1) is 11.7. The van der Waals surface area contributed by atoms with Crippen molar-refractivity contribution in [1.29, 1.82) is 0 Å². The molecule has 148 valence electrons. The van der Waals surface area contributed by atoms with Crippen molar-refractivity contribution in [2.24, 2.45) is 65.1 Å². The lowest BCUT2D eigenvalue weighted by atomic mass is 9.57. The molecule has 25 heavy (non-hydrogen) atoms. The highest BCUT2D eigenvalue weighted by molar-refractivity contribution is 5.00. The summed E-state index contributed by atoms with van der Waals surface area (Å²) in [5, 5.41) is 0. The molecule has 2 aliphatic rings. The van der Waals surface area contributed by atoms with Crippen LogP contribution in [-0.4, -0.2) is 0 Å². The summed E-state index contributed by atoms with van der Waals surface area (Å²) in [6, 6.07) is 0. The minimum atomic E-state index is 0.858. The summed E-state index contributed by atoms with van der Waals surface area (Å²) in [6.45, 7) is 22.3. The standard InChI is InChI=1S/C25H48/c1-10-21(11-15(2)3)12-17(6)24-18(7)13-22(24)14-19(8)25-20(9)23(25)16(4)5/h15-25H,10-14H2,1-9H3. The van der Waals surface area contributed by atoms with E-state index in [0.29, 0.717) is 0 Å². The van der Waals surface area contributed by atoms with Crippen LogP contribution in [0.3, 0.4) is 0 Å². The Balaban J connectivity index is 1.86. The van der Waals surface area contributed by atoms with Gasteiger partial charge in [-0.25, -0.2) is 0 Å². The molecule has 0 aliphatic heterocycles. The fourth-order valence-corrected chi connectivity index (χ4v) is 7.23. The van der Waals surface area contributed by atoms with Gasteiger partial charge in [0.25, 0.3) is 0 Å². The molecule has 0 saturated heterocycles. The van der Waals surface area contributed by atoms with E-state index in [1.807, 2.05) is 0 Å². The first-order valence-corrected chi connectivity index (χ1v) is 11.7. The molecule has 2 saturated carbocycles. The van der Waals surface area contributed by atoms with Crippen molar-refractivity contribution in [1.82, 2.24) is 0 Å². The number of rotatable bonds is 10. The highest BCUT2D eigenvalue weighted by Crippen LogP contribution is 2.58. The molecule has 0 nitrogen and oxygen atoms in total. The van der Waals surface area contributed by atoms with Crippen LogP contribution in [0.25, 0.3) is 0 Å². The monoisotopic (exact) mass is 348 g/mol. The molecular formula is C25H48. The Hall–Kier alpha value is 0. The minimum absolute atomic E-state index is 0.858. The summed E-state index contributed by atoms with van der Waals surface area (Å²) in [5.74, 6) is 10.6. The van der Waals surface area contributed by atoms with E-state index in [1.165, 1.54) is 32.1 Å². The van der Waals surface area contributed by atoms with Crippen LogP contribution in [0.2, 0.25) is 0 Å². The van der Waals surface area contributed by atoms with Crippen molar-refractivity contribution in [3.63, 3.8) is 0 Å². The van der Waals surface area contributed by atoms with Crippen molar-refractivity contribution < 1.29 is 0 Å². The van der Waals surface area contributed by atoms with Gasteiger partial charge in [0.05, 0.1) is 0 Å². The van der Waals surface area contributed by atoms with Crippen LogP contribution >= 0.6 is 0 Å². The molecule has 0 heteroatoms. The molecule has 0 amide bonds. The van der Waals surface area contributed by atoms with Gasteiger partial charge in [-0.05, 0) is 90.8 Å². The van der Waals surface area contributed by atoms with Gasteiger partial charge in [0.15, 0.2) is 0 Å². The molecule has 0 N–H and O–H groups in total. The Labute approximate surface area is 159 Å². The first kappa shape index (κ1) is 21.3. The third-order valence-corrected chi connectivity index (χ3v) is 8.24. The maximum Gasteiger partial charge on any atom is -0.0326 e. The van der Waals surface area contributed by atoms with Gasteiger partial charge >= 0.3 is 0 Å². The van der Waals surface area contributed by atoms with E-state index < -0.39 is 0 Å². The van der Waals surface area contributed by atoms with Crippen molar-refractivity contribution in [3.05, 3.63) is 0 Å². The Kier molecular flexibility index (Phi) is 7.49. The lowest BCUT2D eigenvalue weighted by molar-refractivity contribution is 0.00781. The second-order valence-corrected chi connectivity index (χ2v) is 11.1. The van der Waals surface area contributed by atoms with E-state index >= 15 is 0 Å². The summed E-state index contributed by atoms with van der Waals surface area (Å²) in [4.78, 5) is 0. The second-order valence-electron chi connectivity index (χ2n) is 11.1. The predicted octanol–water partition coefficient (Wildman–Crippen LogP) is 7.92. The highest BCUT2D eigenvalue weighted by atomic mass is 14.6. The van der Waals surface area contributed by atoms with Gasteiger partial charge in [0.1, 0.15) is 0 Å². The SMILES string of the molecule is CCC(CC(C)C)CC(C)C1C(C)CC1CC(C)C1C(C)C1C(C)C. The molecule has 2 rings (SSSR count). The van der Waals surface area contributed by atoms with Gasteiger partial charge in [-0.1, -0.05) is 68.7 Å². The van der Waals surface area contributed by atoms with Gasteiger partial charge in [0.2, 0.25) is 0 Å². The molecule has 0 aromatic heterocycles. The largest absolute Gasteiger partial charge is 0.0651 e. The van der Waals surface area contributed by atoms with Crippen LogP contribution in [0.15, 0.2) is 0 Å². The topological polar surface area (TPSA) is 0 Å². The zero-order valence-corrected chi connectivity index (χ0v) is 18.9. The van der Waals surface area contributed by atoms with E-state index in [2.05, 4.69) is 62.3 Å². The van der Waals surface area contributed by atoms with Gasteiger partial charge in [-0.3, -0.25) is 0 Å². The Morgan fingerprint density at radius 2 is 1.44 bits per heavy atom. The third kappa shape index (κ3) is 5.04. The quantitative estimate of drug-likeness (QED) is 0.376. The first-order valence-electron chi connectivity index (χ1n) is 11.7. The fraction of sp³-hybridized carbons (Fsp3) is 1.00. The average Bonchev–Trinajstić information content (AvgIpc) is 3.16. The molecule has 2 fully saturated rings. The maximum atomic E-state index is 2.58. The highest BCUT2D eigenvalue weighted by Gasteiger charge is 2.52. The van der Waals surface area contributed by atoms with Gasteiger partial charge in [0, 0.05) is 0 Å². The van der Waals surface area contributed by atoms with Gasteiger partial charge in [-0.15, -0.1) is 0 Å². The van der Waals surface area contributed by atoms with E-state index in [-0.39, 0.29) is 0 Å². The molecule has 0 aromatic carbocycles. The molecule has 0 bridgehead atoms. The lowest BCUT2D eigenvalue weighted by Gasteiger charge is -2.48. The Morgan fingerprint density at radius 1 is 0.800 bits per heavy atom. The molecule has 0 radical (unpaired) electrons. The van der Waals surface area contributed by atoms with E-state index in [4.69, 9.17) is 0 Å². The normalized spacial score (nSPS) is 38.5. The lowest BCUT2D eigenvalue weighted by Crippen LogP contribution is -2.41. The zero-order chi connectivity index (χ0) is 18.9. The van der Waals surface area contributed by atoms with Crippen LogP contribution < -0.4 is 0 Å². The summed E-state index contributed by atoms with van der Waals surface area (Å²) in [5.41, 5.74) is 0. The van der Waals surface area contributed by atoms with Crippen LogP contribution in [0.1, 0.15) is 94.4 Å². The van der Waals surface area contributed by atoms with Crippen molar-refractivity contribution in [2.75, 3.05) is 0 Å². The summed E-state index contributed by atoms with van der Waals surface area (Å²) < 4.78 is 0. The van der Waals surface area contributed by atoms with E-state index in [0.717, 1.165) is 65.1 Å². The number of hydrogen-bond donors (Lipinski definition) is 0.